The van der Waals surface area contributed by atoms with Crippen LogP contribution in [0.2, 0.25) is 0 Å². The summed E-state index contributed by atoms with van der Waals surface area (Å²) in [6, 6.07) is 14.3. The smallest absolute Gasteiger partial charge is 0.253 e. The molecule has 0 aliphatic rings. The highest BCUT2D eigenvalue weighted by Gasteiger charge is 2.12. The molecule has 7 heteroatoms. The number of rotatable bonds is 11. The molecule has 0 saturated heterocycles. The van der Waals surface area contributed by atoms with Crippen molar-refractivity contribution in [1.82, 2.24) is 4.90 Å². The summed E-state index contributed by atoms with van der Waals surface area (Å²) in [7, 11) is 1.62. The number of nitrogens with one attached hydrogen (secondary N) is 2. The molecule has 0 unspecified atom stereocenters. The zero-order chi connectivity index (χ0) is 21.1. The molecule has 2 aromatic rings. The number of hydrogen-bond acceptors (Lipinski definition) is 5. The van der Waals surface area contributed by atoms with Gasteiger partial charge in [-0.3, -0.25) is 9.59 Å². The van der Waals surface area contributed by atoms with Crippen LogP contribution in [0.15, 0.2) is 48.5 Å². The molecule has 0 atom stereocenters. The van der Waals surface area contributed by atoms with Crippen LogP contribution in [-0.2, 0) is 9.53 Å². The van der Waals surface area contributed by atoms with E-state index in [4.69, 9.17) is 9.47 Å². The van der Waals surface area contributed by atoms with Crippen LogP contribution in [0.5, 0.6) is 5.75 Å². The van der Waals surface area contributed by atoms with Crippen LogP contribution in [0.3, 0.4) is 0 Å². The highest BCUT2D eigenvalue weighted by Crippen LogP contribution is 2.16. The van der Waals surface area contributed by atoms with E-state index >= 15 is 0 Å². The first-order chi connectivity index (χ1) is 14.1. The number of hydrogen-bond donors (Lipinski definition) is 2. The van der Waals surface area contributed by atoms with Gasteiger partial charge < -0.3 is 25.0 Å². The van der Waals surface area contributed by atoms with Crippen LogP contribution in [0.1, 0.15) is 24.2 Å². The van der Waals surface area contributed by atoms with E-state index in [1.165, 1.54) is 0 Å². The highest BCUT2D eigenvalue weighted by molar-refractivity contribution is 5.95. The number of methoxy groups -OCH3 is 1. The standard InChI is InChI=1S/C22H29N3O4/c1-4-25(5-2)22(27)17-6-8-18(9-7-17)23-16-21(26)24-19-10-12-20(13-11-19)29-15-14-28-3/h6-13,23H,4-5,14-16H2,1-3H3,(H,24,26). The average molecular weight is 399 g/mol. The lowest BCUT2D eigenvalue weighted by molar-refractivity contribution is -0.114. The largest absolute Gasteiger partial charge is 0.491 e. The first-order valence-electron chi connectivity index (χ1n) is 9.72. The van der Waals surface area contributed by atoms with E-state index < -0.39 is 0 Å². The number of benzene rings is 2. The van der Waals surface area contributed by atoms with Gasteiger partial charge in [0, 0.05) is 37.1 Å². The van der Waals surface area contributed by atoms with Gasteiger partial charge >= 0.3 is 0 Å². The lowest BCUT2D eigenvalue weighted by Gasteiger charge is -2.18. The maximum Gasteiger partial charge on any atom is 0.253 e. The van der Waals surface area contributed by atoms with Crippen molar-refractivity contribution < 1.29 is 19.1 Å². The molecule has 0 radical (unpaired) electrons. The molecule has 0 aliphatic heterocycles. The molecule has 29 heavy (non-hydrogen) atoms. The fourth-order valence-electron chi connectivity index (χ4n) is 2.69. The zero-order valence-electron chi connectivity index (χ0n) is 17.2. The molecule has 7 nitrogen and oxygen atoms in total. The second-order valence-electron chi connectivity index (χ2n) is 6.32. The summed E-state index contributed by atoms with van der Waals surface area (Å²) in [5, 5.41) is 5.88. The lowest BCUT2D eigenvalue weighted by Crippen LogP contribution is -2.30. The molecule has 2 aromatic carbocycles. The monoisotopic (exact) mass is 399 g/mol. The third-order valence-electron chi connectivity index (χ3n) is 4.33. The molecule has 2 N–H and O–H groups in total. The van der Waals surface area contributed by atoms with Crippen LogP contribution in [0.25, 0.3) is 0 Å². The lowest BCUT2D eigenvalue weighted by atomic mass is 10.1. The van der Waals surface area contributed by atoms with Crippen LogP contribution in [0.4, 0.5) is 11.4 Å². The predicted molar refractivity (Wildman–Crippen MR) is 115 cm³/mol. The van der Waals surface area contributed by atoms with Crippen molar-refractivity contribution >= 4 is 23.2 Å². The van der Waals surface area contributed by atoms with Crippen molar-refractivity contribution in [3.05, 3.63) is 54.1 Å². The molecular weight excluding hydrogens is 370 g/mol. The Morgan fingerprint density at radius 1 is 0.897 bits per heavy atom. The average Bonchev–Trinajstić information content (AvgIpc) is 2.75. The van der Waals surface area contributed by atoms with Crippen molar-refractivity contribution in [2.75, 3.05) is 50.6 Å². The van der Waals surface area contributed by atoms with Crippen molar-refractivity contribution in [1.29, 1.82) is 0 Å². The van der Waals surface area contributed by atoms with Crippen molar-refractivity contribution in [3.63, 3.8) is 0 Å². The van der Waals surface area contributed by atoms with Gasteiger partial charge in [0.25, 0.3) is 5.91 Å². The molecule has 2 rings (SSSR count). The first kappa shape index (κ1) is 22.2. The fraction of sp³-hybridized carbons (Fsp3) is 0.364. The van der Waals surface area contributed by atoms with Crippen LogP contribution in [0, 0.1) is 0 Å². The molecule has 0 aromatic heterocycles. The van der Waals surface area contributed by atoms with Gasteiger partial charge in [0.2, 0.25) is 5.91 Å². The van der Waals surface area contributed by atoms with Gasteiger partial charge in [-0.25, -0.2) is 0 Å². The third-order valence-corrected chi connectivity index (χ3v) is 4.33. The molecule has 0 spiro atoms. The van der Waals surface area contributed by atoms with E-state index in [0.717, 1.165) is 11.4 Å². The second kappa shape index (κ2) is 11.7. The van der Waals surface area contributed by atoms with Gasteiger partial charge in [0.15, 0.2) is 0 Å². The summed E-state index contributed by atoms with van der Waals surface area (Å²) in [5.74, 6) is 0.563. The molecule has 2 amide bonds. The predicted octanol–water partition coefficient (Wildman–Crippen LogP) is 3.24. The Labute approximate surface area is 172 Å². The molecule has 0 saturated carbocycles. The summed E-state index contributed by atoms with van der Waals surface area (Å²) < 4.78 is 10.4. The van der Waals surface area contributed by atoms with Crippen molar-refractivity contribution in [2.45, 2.75) is 13.8 Å². The molecule has 0 fully saturated rings. The quantitative estimate of drug-likeness (QED) is 0.567. The van der Waals surface area contributed by atoms with Crippen molar-refractivity contribution in [2.24, 2.45) is 0 Å². The normalized spacial score (nSPS) is 10.3. The molecule has 0 aliphatic carbocycles. The minimum absolute atomic E-state index is 0.00828. The number of carbonyl (C=O) groups excluding carboxylic acids is 2. The van der Waals surface area contributed by atoms with Gasteiger partial charge in [0.1, 0.15) is 12.4 Å². The Kier molecular flexibility index (Phi) is 8.98. The summed E-state index contributed by atoms with van der Waals surface area (Å²) in [6.45, 7) is 6.39. The Balaban J connectivity index is 1.80. The van der Waals surface area contributed by atoms with Gasteiger partial charge in [0.05, 0.1) is 13.2 Å². The van der Waals surface area contributed by atoms with E-state index in [2.05, 4.69) is 10.6 Å². The fourth-order valence-corrected chi connectivity index (χ4v) is 2.69. The van der Waals surface area contributed by atoms with E-state index in [1.807, 2.05) is 13.8 Å². The molecular formula is C22H29N3O4. The minimum atomic E-state index is -0.165. The van der Waals surface area contributed by atoms with Gasteiger partial charge in [-0.1, -0.05) is 0 Å². The van der Waals surface area contributed by atoms with Crippen LogP contribution in [-0.4, -0.2) is 56.7 Å². The summed E-state index contributed by atoms with van der Waals surface area (Å²) in [6.07, 6.45) is 0. The van der Waals surface area contributed by atoms with Gasteiger partial charge in [-0.05, 0) is 62.4 Å². The number of anilines is 2. The van der Waals surface area contributed by atoms with E-state index in [0.29, 0.717) is 37.6 Å². The van der Waals surface area contributed by atoms with E-state index in [9.17, 15) is 9.59 Å². The summed E-state index contributed by atoms with van der Waals surface area (Å²) in [5.41, 5.74) is 2.10. The molecule has 0 heterocycles. The first-order valence-corrected chi connectivity index (χ1v) is 9.72. The minimum Gasteiger partial charge on any atom is -0.491 e. The Bertz CT molecular complexity index is 772. The Morgan fingerprint density at radius 3 is 2.10 bits per heavy atom. The van der Waals surface area contributed by atoms with Gasteiger partial charge in [-0.2, -0.15) is 0 Å². The maximum absolute atomic E-state index is 12.3. The Hall–Kier alpha value is -3.06. The zero-order valence-corrected chi connectivity index (χ0v) is 17.2. The topological polar surface area (TPSA) is 79.9 Å². The molecule has 156 valence electrons. The van der Waals surface area contributed by atoms with Crippen LogP contribution < -0.4 is 15.4 Å². The number of nitrogens with zero attached hydrogens (tertiary/aromatic N) is 1. The summed E-state index contributed by atoms with van der Waals surface area (Å²) in [4.78, 5) is 26.2. The van der Waals surface area contributed by atoms with Crippen molar-refractivity contribution in [3.8, 4) is 5.75 Å². The third kappa shape index (κ3) is 7.12. The summed E-state index contributed by atoms with van der Waals surface area (Å²) >= 11 is 0. The maximum atomic E-state index is 12.3. The second-order valence-corrected chi connectivity index (χ2v) is 6.32. The van der Waals surface area contributed by atoms with Gasteiger partial charge in [-0.15, -0.1) is 0 Å². The number of amides is 2. The number of carbonyl (C=O) groups is 2. The SMILES string of the molecule is CCN(CC)C(=O)c1ccc(NCC(=O)Nc2ccc(OCCOC)cc2)cc1. The Morgan fingerprint density at radius 2 is 1.52 bits per heavy atom. The van der Waals surface area contributed by atoms with Crippen LogP contribution >= 0.6 is 0 Å². The van der Waals surface area contributed by atoms with E-state index in [1.54, 1.807) is 60.5 Å². The molecule has 0 bridgehead atoms. The highest BCUT2D eigenvalue weighted by atomic mass is 16.5. The van der Waals surface area contributed by atoms with E-state index in [-0.39, 0.29) is 18.4 Å². The number of ether oxygens (including phenoxy) is 2.